The van der Waals surface area contributed by atoms with Crippen LogP contribution >= 0.6 is 0 Å². The normalized spacial score (nSPS) is 47.3. The first-order valence-corrected chi connectivity index (χ1v) is 10.7. The van der Waals surface area contributed by atoms with Gasteiger partial charge in [0, 0.05) is 19.3 Å². The molecular weight excluding hydrogens is 328 g/mol. The van der Waals surface area contributed by atoms with Crippen molar-refractivity contribution in [3.8, 4) is 0 Å². The average molecular weight is 363 g/mol. The van der Waals surface area contributed by atoms with E-state index in [1.54, 1.807) is 13.8 Å². The van der Waals surface area contributed by atoms with E-state index in [-0.39, 0.29) is 29.6 Å². The molecule has 146 valence electrons. The molecule has 0 aromatic carbocycles. The minimum atomic E-state index is -0.126. The predicted molar refractivity (Wildman–Crippen MR) is 98.2 cm³/mol. The second-order valence-electron chi connectivity index (χ2n) is 9.64. The molecule has 0 aliphatic heterocycles. The lowest BCUT2D eigenvalue weighted by molar-refractivity contribution is -0.165. The monoisotopic (exact) mass is 362 g/mol. The van der Waals surface area contributed by atoms with Crippen molar-refractivity contribution < 1.29 is 19.1 Å². The van der Waals surface area contributed by atoms with Crippen LogP contribution in [0.5, 0.6) is 0 Å². The van der Waals surface area contributed by atoms with Crippen LogP contribution in [0.25, 0.3) is 0 Å². The van der Waals surface area contributed by atoms with Gasteiger partial charge < -0.3 is 9.47 Å². The Kier molecular flexibility index (Phi) is 4.81. The lowest BCUT2D eigenvalue weighted by atomic mass is 9.50. The summed E-state index contributed by atoms with van der Waals surface area (Å²) in [6, 6.07) is 0. The van der Waals surface area contributed by atoms with Gasteiger partial charge in [0.25, 0.3) is 0 Å². The largest absolute Gasteiger partial charge is 0.462 e. The van der Waals surface area contributed by atoms with Crippen molar-refractivity contribution in [1.82, 2.24) is 0 Å². The summed E-state index contributed by atoms with van der Waals surface area (Å²) >= 11 is 0. The fourth-order valence-corrected chi connectivity index (χ4v) is 7.54. The number of hydrogen-bond donors (Lipinski definition) is 0. The Morgan fingerprint density at radius 2 is 1.46 bits per heavy atom. The van der Waals surface area contributed by atoms with Gasteiger partial charge in [-0.2, -0.15) is 0 Å². The summed E-state index contributed by atoms with van der Waals surface area (Å²) in [6.45, 7) is 5.48. The highest BCUT2D eigenvalue weighted by Gasteiger charge is 2.58. The predicted octanol–water partition coefficient (Wildman–Crippen LogP) is 4.50. The molecule has 0 radical (unpaired) electrons. The van der Waals surface area contributed by atoms with Crippen LogP contribution in [0.2, 0.25) is 0 Å². The summed E-state index contributed by atoms with van der Waals surface area (Å²) in [4.78, 5) is 23.1. The number of carbonyl (C=O) groups is 2. The van der Waals surface area contributed by atoms with Crippen molar-refractivity contribution in [3.05, 3.63) is 0 Å². The number of ether oxygens (including phenoxy) is 2. The molecule has 4 nitrogen and oxygen atoms in total. The van der Waals surface area contributed by atoms with Gasteiger partial charge in [-0.3, -0.25) is 9.59 Å². The van der Waals surface area contributed by atoms with Gasteiger partial charge in [-0.05, 0) is 87.4 Å². The molecule has 0 heterocycles. The molecule has 4 fully saturated rings. The van der Waals surface area contributed by atoms with Gasteiger partial charge >= 0.3 is 11.9 Å². The molecule has 4 aliphatic carbocycles. The fourth-order valence-electron chi connectivity index (χ4n) is 7.54. The summed E-state index contributed by atoms with van der Waals surface area (Å²) in [6.07, 6.45) is 11.0. The van der Waals surface area contributed by atoms with E-state index in [4.69, 9.17) is 9.47 Å². The minimum Gasteiger partial charge on any atom is -0.462 e. The Hall–Kier alpha value is -1.06. The maximum atomic E-state index is 11.5. The zero-order valence-corrected chi connectivity index (χ0v) is 16.5. The Morgan fingerprint density at radius 3 is 2.19 bits per heavy atom. The smallest absolute Gasteiger partial charge is 0.302 e. The van der Waals surface area contributed by atoms with E-state index < -0.39 is 0 Å². The molecule has 4 aliphatic rings. The van der Waals surface area contributed by atoms with Crippen LogP contribution in [0, 0.1) is 35.0 Å². The summed E-state index contributed by atoms with van der Waals surface area (Å²) in [5.41, 5.74) is 0.170. The van der Waals surface area contributed by atoms with Gasteiger partial charge in [-0.15, -0.1) is 0 Å². The van der Waals surface area contributed by atoms with E-state index in [0.717, 1.165) is 30.6 Å². The zero-order chi connectivity index (χ0) is 18.5. The van der Waals surface area contributed by atoms with Crippen molar-refractivity contribution >= 4 is 11.9 Å². The minimum absolute atomic E-state index is 0.115. The summed E-state index contributed by atoms with van der Waals surface area (Å²) in [7, 11) is 0. The van der Waals surface area contributed by atoms with Crippen molar-refractivity contribution in [1.29, 1.82) is 0 Å². The first-order chi connectivity index (χ1) is 12.4. The summed E-state index contributed by atoms with van der Waals surface area (Å²) in [5, 5.41) is 0. The Balaban J connectivity index is 1.51. The van der Waals surface area contributed by atoms with Gasteiger partial charge in [0.15, 0.2) is 0 Å². The van der Waals surface area contributed by atoms with Crippen molar-refractivity contribution in [2.24, 2.45) is 35.0 Å². The topological polar surface area (TPSA) is 52.6 Å². The number of carbonyl (C=O) groups excluding carboxylic acids is 2. The first kappa shape index (κ1) is 18.3. The van der Waals surface area contributed by atoms with Crippen LogP contribution in [-0.4, -0.2) is 24.1 Å². The van der Waals surface area contributed by atoms with Gasteiger partial charge in [-0.1, -0.05) is 6.92 Å². The second-order valence-corrected chi connectivity index (χ2v) is 9.64. The van der Waals surface area contributed by atoms with Crippen LogP contribution in [0.3, 0.4) is 0 Å². The maximum Gasteiger partial charge on any atom is 0.302 e. The van der Waals surface area contributed by atoms with Crippen LogP contribution < -0.4 is 0 Å². The molecule has 8 atom stereocenters. The lowest BCUT2D eigenvalue weighted by Crippen LogP contribution is -2.52. The molecule has 0 aromatic rings. The molecule has 0 bridgehead atoms. The van der Waals surface area contributed by atoms with E-state index in [9.17, 15) is 9.59 Å². The molecule has 26 heavy (non-hydrogen) atoms. The third-order valence-corrected chi connectivity index (χ3v) is 8.47. The quantitative estimate of drug-likeness (QED) is 0.679. The number of esters is 2. The molecule has 0 N–H and O–H groups in total. The third kappa shape index (κ3) is 2.97. The Morgan fingerprint density at radius 1 is 0.769 bits per heavy atom. The van der Waals surface area contributed by atoms with Gasteiger partial charge in [0.1, 0.15) is 12.2 Å². The van der Waals surface area contributed by atoms with Crippen molar-refractivity contribution in [2.75, 3.05) is 0 Å². The van der Waals surface area contributed by atoms with E-state index in [1.165, 1.54) is 44.9 Å². The number of hydrogen-bond acceptors (Lipinski definition) is 4. The van der Waals surface area contributed by atoms with Crippen LogP contribution in [-0.2, 0) is 19.1 Å². The van der Waals surface area contributed by atoms with E-state index >= 15 is 0 Å². The highest BCUT2D eigenvalue weighted by molar-refractivity contribution is 5.66. The highest BCUT2D eigenvalue weighted by atomic mass is 16.5. The lowest BCUT2D eigenvalue weighted by Gasteiger charge is -2.56. The molecule has 0 amide bonds. The summed E-state index contributed by atoms with van der Waals surface area (Å²) in [5.74, 6) is 3.30. The molecule has 0 saturated heterocycles. The average Bonchev–Trinajstić information content (AvgIpc) is 2.90. The van der Waals surface area contributed by atoms with Crippen molar-refractivity contribution in [2.45, 2.75) is 90.8 Å². The van der Waals surface area contributed by atoms with E-state index in [0.29, 0.717) is 11.8 Å². The van der Waals surface area contributed by atoms with Crippen molar-refractivity contribution in [3.63, 3.8) is 0 Å². The van der Waals surface area contributed by atoms with Crippen LogP contribution in [0.1, 0.15) is 78.6 Å². The molecule has 4 saturated carbocycles. The molecule has 0 aromatic heterocycles. The van der Waals surface area contributed by atoms with E-state index in [2.05, 4.69) is 6.92 Å². The highest BCUT2D eigenvalue weighted by Crippen LogP contribution is 2.63. The summed E-state index contributed by atoms with van der Waals surface area (Å²) < 4.78 is 11.4. The van der Waals surface area contributed by atoms with Gasteiger partial charge in [0.05, 0.1) is 0 Å². The van der Waals surface area contributed by atoms with E-state index in [1.807, 2.05) is 0 Å². The Labute approximate surface area is 157 Å². The van der Waals surface area contributed by atoms with Crippen LogP contribution in [0.15, 0.2) is 0 Å². The molecule has 4 rings (SSSR count). The molecule has 0 unspecified atom stereocenters. The SMILES string of the molecule is CC(=O)O[C@H]1CCC[C@@H]2[C@H]3CC[C@]4(C)[C@@H](OC(C)=O)CC[C@H]4[C@@H]3CC[C@H]21. The number of fused-ring (bicyclic) bond motifs is 5. The molecule has 0 spiro atoms. The standard InChI is InChI=1S/C22H34O4/c1-13(23)25-20-6-4-5-15-16-11-12-22(3)19(17(16)7-8-18(15)20)9-10-21(22)26-14(2)24/h15-21H,4-12H2,1-3H3/t15-,16-,17-,18-,19+,20+,21+,22+/m1/s1. The third-order valence-electron chi connectivity index (χ3n) is 8.47. The maximum absolute atomic E-state index is 11.5. The second kappa shape index (κ2) is 6.83. The number of rotatable bonds is 2. The first-order valence-electron chi connectivity index (χ1n) is 10.7. The molecule has 4 heteroatoms. The molecular formula is C22H34O4. The van der Waals surface area contributed by atoms with Crippen LogP contribution in [0.4, 0.5) is 0 Å². The van der Waals surface area contributed by atoms with Gasteiger partial charge in [0.2, 0.25) is 0 Å². The Bertz CT molecular complexity index is 572. The fraction of sp³-hybridized carbons (Fsp3) is 0.909. The zero-order valence-electron chi connectivity index (χ0n) is 16.5. The van der Waals surface area contributed by atoms with Gasteiger partial charge in [-0.25, -0.2) is 0 Å².